The molecule has 0 radical (unpaired) electrons. The van der Waals surface area contributed by atoms with Crippen molar-refractivity contribution in [3.05, 3.63) is 35.8 Å². The maximum atomic E-state index is 13.1. The van der Waals surface area contributed by atoms with Crippen molar-refractivity contribution in [2.75, 3.05) is 37.5 Å². The lowest BCUT2D eigenvalue weighted by Gasteiger charge is -2.22. The van der Waals surface area contributed by atoms with Crippen molar-refractivity contribution in [2.24, 2.45) is 5.73 Å². The average molecular weight is 558 g/mol. The fraction of sp³-hybridized carbons (Fsp3) is 0.423. The van der Waals surface area contributed by atoms with Gasteiger partial charge in [0.25, 0.3) is 11.9 Å². The molecule has 0 saturated heterocycles. The number of nitrogens with zero attached hydrogens (tertiary/aromatic N) is 3. The fourth-order valence-corrected chi connectivity index (χ4v) is 4.85. The molecule has 1 aromatic heterocycles. The van der Waals surface area contributed by atoms with E-state index in [1.807, 2.05) is 19.1 Å². The van der Waals surface area contributed by atoms with E-state index in [4.69, 9.17) is 24.7 Å². The highest BCUT2D eigenvalue weighted by Gasteiger charge is 2.37. The van der Waals surface area contributed by atoms with Crippen LogP contribution in [0, 0.1) is 6.92 Å². The number of benzene rings is 1. The minimum Gasteiger partial charge on any atom is -0.479 e. The van der Waals surface area contributed by atoms with E-state index in [-0.39, 0.29) is 54.8 Å². The van der Waals surface area contributed by atoms with Crippen LogP contribution >= 0.6 is 0 Å². The van der Waals surface area contributed by atoms with Gasteiger partial charge in [-0.25, -0.2) is 0 Å². The first-order valence-electron chi connectivity index (χ1n) is 12.5. The monoisotopic (exact) mass is 557 g/mol. The van der Waals surface area contributed by atoms with Crippen molar-refractivity contribution in [3.8, 4) is 17.5 Å². The van der Waals surface area contributed by atoms with E-state index >= 15 is 0 Å². The lowest BCUT2D eigenvalue weighted by Crippen LogP contribution is -2.37. The molecule has 13 heteroatoms. The molecule has 12 nitrogen and oxygen atoms in total. The summed E-state index contributed by atoms with van der Waals surface area (Å²) in [5, 5.41) is 3.72. The summed E-state index contributed by atoms with van der Waals surface area (Å²) in [6, 6.07) is 5.96. The number of hydrogen-bond donors (Lipinski definition) is 2. The van der Waals surface area contributed by atoms with Gasteiger partial charge in [-0.3, -0.25) is 19.3 Å². The third-order valence-corrected chi connectivity index (χ3v) is 7.96. The second-order valence-electron chi connectivity index (χ2n) is 9.79. The Morgan fingerprint density at radius 3 is 2.33 bits per heavy atom. The van der Waals surface area contributed by atoms with Gasteiger partial charge in [-0.15, -0.1) is 0 Å². The predicted molar refractivity (Wildman–Crippen MR) is 148 cm³/mol. The number of methoxy groups -OCH3 is 2. The SMILES string of the molecule is CCC(=O)N(CCN)c1nc(OC)c(NC(=O)C2OC(Oc3cc([Si](C)(C)C)ccc3C)=CC2=O)c(OC)n1. The Balaban J connectivity index is 1.82. The summed E-state index contributed by atoms with van der Waals surface area (Å²) in [7, 11) is 1.05. The Kier molecular flexibility index (Phi) is 9.30. The molecule has 0 fully saturated rings. The highest BCUT2D eigenvalue weighted by atomic mass is 28.3. The summed E-state index contributed by atoms with van der Waals surface area (Å²) in [6.45, 7) is 10.6. The third-order valence-electron chi connectivity index (χ3n) is 5.92. The molecule has 2 amide bonds. The van der Waals surface area contributed by atoms with Crippen LogP contribution in [-0.2, 0) is 19.1 Å². The van der Waals surface area contributed by atoms with Crippen molar-refractivity contribution < 1.29 is 33.3 Å². The Labute approximate surface area is 228 Å². The summed E-state index contributed by atoms with van der Waals surface area (Å²) in [6.07, 6.45) is -0.169. The highest BCUT2D eigenvalue weighted by molar-refractivity contribution is 6.88. The maximum absolute atomic E-state index is 13.1. The molecule has 3 rings (SSSR count). The molecular weight excluding hydrogens is 522 g/mol. The largest absolute Gasteiger partial charge is 0.479 e. The van der Waals surface area contributed by atoms with Crippen LogP contribution in [0.1, 0.15) is 18.9 Å². The van der Waals surface area contributed by atoms with Gasteiger partial charge in [0.2, 0.25) is 35.5 Å². The molecule has 0 spiro atoms. The quantitative estimate of drug-likeness (QED) is 0.309. The molecule has 3 N–H and O–H groups in total. The Hall–Kier alpha value is -3.97. The molecule has 0 bridgehead atoms. The van der Waals surface area contributed by atoms with Crippen LogP contribution in [0.15, 0.2) is 30.2 Å². The lowest BCUT2D eigenvalue weighted by atomic mass is 10.2. The Morgan fingerprint density at radius 1 is 1.15 bits per heavy atom. The molecule has 2 heterocycles. The standard InChI is InChI=1S/C26H35N5O7Si/c1-8-19(33)31(12-11-27)26-29-24(35-3)21(25(30-26)36-4)28-23(34)22-17(32)14-20(38-22)37-18-13-16(39(5,6)7)10-9-15(18)2/h9-10,13-14,22H,8,11-12,27H2,1-7H3,(H,28,34). The summed E-state index contributed by atoms with van der Waals surface area (Å²) in [4.78, 5) is 48.0. The maximum Gasteiger partial charge on any atom is 0.289 e. The van der Waals surface area contributed by atoms with E-state index in [0.29, 0.717) is 5.75 Å². The van der Waals surface area contributed by atoms with Crippen LogP contribution < -0.4 is 35.3 Å². The van der Waals surface area contributed by atoms with E-state index in [0.717, 1.165) is 11.6 Å². The molecule has 1 unspecified atom stereocenters. The normalized spacial score (nSPS) is 14.8. The fourth-order valence-electron chi connectivity index (χ4n) is 3.70. The molecule has 1 aromatic carbocycles. The number of nitrogens with two attached hydrogens (primary N) is 1. The van der Waals surface area contributed by atoms with Gasteiger partial charge in [-0.1, -0.05) is 43.9 Å². The zero-order chi connectivity index (χ0) is 28.9. The number of hydrogen-bond acceptors (Lipinski definition) is 10. The number of aryl methyl sites for hydroxylation is 1. The number of carbonyl (C=O) groups is 3. The van der Waals surface area contributed by atoms with Crippen molar-refractivity contribution >= 4 is 42.5 Å². The van der Waals surface area contributed by atoms with E-state index in [1.165, 1.54) is 24.3 Å². The molecule has 210 valence electrons. The molecular formula is C26H35N5O7Si. The molecule has 0 aliphatic carbocycles. The number of rotatable bonds is 11. The number of nitrogens with one attached hydrogen (secondary N) is 1. The van der Waals surface area contributed by atoms with E-state index in [2.05, 4.69) is 41.0 Å². The Morgan fingerprint density at radius 2 is 1.79 bits per heavy atom. The van der Waals surface area contributed by atoms with Gasteiger partial charge in [0.1, 0.15) is 5.75 Å². The van der Waals surface area contributed by atoms with Gasteiger partial charge < -0.3 is 30.0 Å². The second kappa shape index (κ2) is 12.3. The number of amides is 2. The molecule has 39 heavy (non-hydrogen) atoms. The van der Waals surface area contributed by atoms with Crippen molar-refractivity contribution in [1.82, 2.24) is 9.97 Å². The highest BCUT2D eigenvalue weighted by Crippen LogP contribution is 2.34. The van der Waals surface area contributed by atoms with Crippen LogP contribution in [0.3, 0.4) is 0 Å². The smallest absolute Gasteiger partial charge is 0.289 e. The first-order valence-corrected chi connectivity index (χ1v) is 16.0. The summed E-state index contributed by atoms with van der Waals surface area (Å²) >= 11 is 0. The Bertz CT molecular complexity index is 1270. The molecule has 1 atom stereocenters. The minimum atomic E-state index is -1.61. The van der Waals surface area contributed by atoms with Gasteiger partial charge in [0.05, 0.1) is 28.4 Å². The number of aromatic nitrogens is 2. The lowest BCUT2D eigenvalue weighted by molar-refractivity contribution is -0.134. The van der Waals surface area contributed by atoms with Crippen LogP contribution in [-0.4, -0.2) is 69.1 Å². The first-order chi connectivity index (χ1) is 18.4. The van der Waals surface area contributed by atoms with Crippen LogP contribution in [0.4, 0.5) is 11.6 Å². The van der Waals surface area contributed by atoms with Gasteiger partial charge in [0.15, 0.2) is 5.69 Å². The molecule has 1 aliphatic heterocycles. The number of carbonyl (C=O) groups excluding carboxylic acids is 3. The van der Waals surface area contributed by atoms with Gasteiger partial charge in [0, 0.05) is 19.5 Å². The van der Waals surface area contributed by atoms with E-state index < -0.39 is 25.9 Å². The van der Waals surface area contributed by atoms with Crippen LogP contribution in [0.25, 0.3) is 0 Å². The van der Waals surface area contributed by atoms with Crippen LogP contribution in [0.2, 0.25) is 19.6 Å². The van der Waals surface area contributed by atoms with Crippen molar-refractivity contribution in [1.29, 1.82) is 0 Å². The zero-order valence-electron chi connectivity index (χ0n) is 23.3. The zero-order valence-corrected chi connectivity index (χ0v) is 24.3. The molecule has 0 saturated carbocycles. The summed E-state index contributed by atoms with van der Waals surface area (Å²) in [5.41, 5.74) is 6.47. The van der Waals surface area contributed by atoms with Gasteiger partial charge in [-0.2, -0.15) is 9.97 Å². The minimum absolute atomic E-state index is 0.000429. The molecule has 2 aromatic rings. The second-order valence-corrected chi connectivity index (χ2v) is 14.9. The summed E-state index contributed by atoms with van der Waals surface area (Å²) < 4.78 is 22.1. The van der Waals surface area contributed by atoms with E-state index in [1.54, 1.807) is 6.92 Å². The topological polar surface area (TPSA) is 155 Å². The average Bonchev–Trinajstić information content (AvgIpc) is 3.27. The molecule has 1 aliphatic rings. The van der Waals surface area contributed by atoms with E-state index in [9.17, 15) is 14.4 Å². The summed E-state index contributed by atoms with van der Waals surface area (Å²) in [5.74, 6) is -1.35. The van der Waals surface area contributed by atoms with Crippen molar-refractivity contribution in [3.63, 3.8) is 0 Å². The van der Waals surface area contributed by atoms with Gasteiger partial charge in [-0.05, 0) is 18.6 Å². The predicted octanol–water partition coefficient (Wildman–Crippen LogP) is 1.88. The van der Waals surface area contributed by atoms with Crippen molar-refractivity contribution in [2.45, 2.75) is 46.0 Å². The number of ether oxygens (including phenoxy) is 4. The number of ketones is 1. The third kappa shape index (κ3) is 6.73. The first kappa shape index (κ1) is 29.6. The number of anilines is 2. The van der Waals surface area contributed by atoms with Gasteiger partial charge >= 0.3 is 0 Å². The van der Waals surface area contributed by atoms with Crippen LogP contribution in [0.5, 0.6) is 17.5 Å².